The Balaban J connectivity index is 1.85. The molecule has 0 aromatic heterocycles. The van der Waals surface area contributed by atoms with Crippen molar-refractivity contribution in [3.8, 4) is 0 Å². The summed E-state index contributed by atoms with van der Waals surface area (Å²) in [5.41, 5.74) is 0. The summed E-state index contributed by atoms with van der Waals surface area (Å²) in [6.07, 6.45) is 18.8. The number of esters is 2. The van der Waals surface area contributed by atoms with E-state index in [1.54, 1.807) is 0 Å². The van der Waals surface area contributed by atoms with E-state index in [9.17, 15) is 45.3 Å². The van der Waals surface area contributed by atoms with Crippen LogP contribution in [0.15, 0.2) is 48.6 Å². The van der Waals surface area contributed by atoms with Gasteiger partial charge in [0.1, 0.15) is 55.4 Å². The molecule has 0 spiro atoms. The molecule has 2 aliphatic heterocycles. The van der Waals surface area contributed by atoms with E-state index in [0.29, 0.717) is 12.8 Å². The van der Waals surface area contributed by atoms with Gasteiger partial charge in [0.05, 0.1) is 19.8 Å². The summed E-state index contributed by atoms with van der Waals surface area (Å²) >= 11 is 0. The zero-order chi connectivity index (χ0) is 45.4. The van der Waals surface area contributed by atoms with Gasteiger partial charge in [-0.15, -0.1) is 0 Å². The number of ether oxygens (including phenoxy) is 6. The fourth-order valence-corrected chi connectivity index (χ4v) is 6.97. The van der Waals surface area contributed by atoms with Crippen LogP contribution in [0.25, 0.3) is 0 Å². The molecular weight excluding hydrogens is 805 g/mol. The molecule has 2 fully saturated rings. The van der Waals surface area contributed by atoms with Gasteiger partial charge in [-0.3, -0.25) is 9.59 Å². The monoisotopic (exact) mass is 885 g/mol. The van der Waals surface area contributed by atoms with Crippen molar-refractivity contribution in [1.82, 2.24) is 0 Å². The van der Waals surface area contributed by atoms with Crippen LogP contribution in [0, 0.1) is 0 Å². The van der Waals surface area contributed by atoms with Crippen LogP contribution in [0.4, 0.5) is 0 Å². The lowest BCUT2D eigenvalue weighted by Gasteiger charge is -2.42. The fraction of sp³-hybridized carbons (Fsp3) is 0.787. The number of rotatable bonds is 34. The van der Waals surface area contributed by atoms with Crippen LogP contribution in [0.3, 0.4) is 0 Å². The van der Waals surface area contributed by atoms with Crippen molar-refractivity contribution in [3.05, 3.63) is 48.6 Å². The topological polar surface area (TPSA) is 231 Å². The smallest absolute Gasteiger partial charge is 0.306 e. The number of aliphatic hydroxyl groups is 7. The Kier molecular flexibility index (Phi) is 31.2. The van der Waals surface area contributed by atoms with E-state index in [1.165, 1.54) is 32.1 Å². The minimum Gasteiger partial charge on any atom is -0.462 e. The van der Waals surface area contributed by atoms with Gasteiger partial charge in [0.2, 0.25) is 0 Å². The number of hydrogen-bond acceptors (Lipinski definition) is 15. The predicted octanol–water partition coefficient (Wildman–Crippen LogP) is 5.15. The molecule has 0 saturated carbocycles. The molecule has 2 rings (SSSR count). The molecule has 0 bridgehead atoms. The standard InChI is InChI=1S/C47H80O15/c1-3-5-7-9-11-13-14-15-16-17-18-19-20-22-24-26-28-30-39(50)60-35(32-57-38(49)29-27-25-23-21-12-10-8-6-4-2)33-58-46-45(56)43(54)41(52)37(62-46)34-59-47-44(55)42(53)40(51)36(31-48)61-47/h5,7,11,13,15-16,18-19,35-37,40-48,51-56H,3-4,6,8-10,12,14,17,20-34H2,1-2H3/b7-5-,13-11-,16-15-,19-18-. The lowest BCUT2D eigenvalue weighted by Crippen LogP contribution is -2.61. The molecule has 0 aromatic carbocycles. The summed E-state index contributed by atoms with van der Waals surface area (Å²) in [5.74, 6) is -0.959. The number of allylic oxidation sites excluding steroid dienone is 8. The molecule has 15 heteroatoms. The van der Waals surface area contributed by atoms with Crippen molar-refractivity contribution in [3.63, 3.8) is 0 Å². The maximum atomic E-state index is 12.9. The second kappa shape index (κ2) is 34.8. The lowest BCUT2D eigenvalue weighted by molar-refractivity contribution is -0.332. The summed E-state index contributed by atoms with van der Waals surface area (Å²) < 4.78 is 33.4. The fourth-order valence-electron chi connectivity index (χ4n) is 6.97. The SMILES string of the molecule is CC/C=C\C/C=C\C/C=C\C/C=C\CCCCCCC(=O)OC(COC(=O)CCCCCCCCCCC)COC1OC(COC2OC(CO)C(O)C(O)C2O)C(O)C(O)C1O. The van der Waals surface area contributed by atoms with E-state index in [0.717, 1.165) is 70.6 Å². The van der Waals surface area contributed by atoms with Crippen molar-refractivity contribution in [2.24, 2.45) is 0 Å². The number of carbonyl (C=O) groups is 2. The van der Waals surface area contributed by atoms with Crippen molar-refractivity contribution >= 4 is 11.9 Å². The molecule has 2 heterocycles. The van der Waals surface area contributed by atoms with E-state index < -0.39 is 99.3 Å². The first-order valence-electron chi connectivity index (χ1n) is 23.2. The summed E-state index contributed by atoms with van der Waals surface area (Å²) in [7, 11) is 0. The minimum atomic E-state index is -1.77. The average molecular weight is 885 g/mol. The van der Waals surface area contributed by atoms with Crippen LogP contribution in [0.2, 0.25) is 0 Å². The molecule has 0 aromatic rings. The van der Waals surface area contributed by atoms with Gasteiger partial charge in [-0.2, -0.15) is 0 Å². The Morgan fingerprint density at radius 2 is 1.02 bits per heavy atom. The van der Waals surface area contributed by atoms with Crippen LogP contribution in [-0.4, -0.2) is 142 Å². The van der Waals surface area contributed by atoms with Crippen molar-refractivity contribution in [2.75, 3.05) is 26.4 Å². The van der Waals surface area contributed by atoms with Crippen LogP contribution in [0.1, 0.15) is 142 Å². The minimum absolute atomic E-state index is 0.137. The number of aliphatic hydroxyl groups excluding tert-OH is 7. The third-order valence-electron chi connectivity index (χ3n) is 10.8. The Morgan fingerprint density at radius 1 is 0.532 bits per heavy atom. The van der Waals surface area contributed by atoms with Crippen molar-refractivity contribution < 1.29 is 73.8 Å². The molecule has 62 heavy (non-hydrogen) atoms. The van der Waals surface area contributed by atoms with Gasteiger partial charge in [0.25, 0.3) is 0 Å². The predicted molar refractivity (Wildman–Crippen MR) is 233 cm³/mol. The summed E-state index contributed by atoms with van der Waals surface area (Å²) in [6.45, 7) is 2.40. The van der Waals surface area contributed by atoms with Crippen LogP contribution < -0.4 is 0 Å². The molecule has 358 valence electrons. The highest BCUT2D eigenvalue weighted by molar-refractivity contribution is 5.70. The quantitative estimate of drug-likeness (QED) is 0.0252. The third-order valence-corrected chi connectivity index (χ3v) is 10.8. The molecule has 2 aliphatic rings. The first-order valence-corrected chi connectivity index (χ1v) is 23.2. The molecule has 15 nitrogen and oxygen atoms in total. The van der Waals surface area contributed by atoms with Gasteiger partial charge in [0.15, 0.2) is 18.7 Å². The number of unbranched alkanes of at least 4 members (excludes halogenated alkanes) is 12. The third kappa shape index (κ3) is 23.4. The molecule has 0 radical (unpaired) electrons. The highest BCUT2D eigenvalue weighted by Crippen LogP contribution is 2.26. The van der Waals surface area contributed by atoms with E-state index >= 15 is 0 Å². The Hall–Kier alpha value is -2.54. The van der Waals surface area contributed by atoms with Crippen LogP contribution in [-0.2, 0) is 38.0 Å². The summed E-state index contributed by atoms with van der Waals surface area (Å²) in [4.78, 5) is 25.6. The average Bonchev–Trinajstić information content (AvgIpc) is 3.26. The first-order chi connectivity index (χ1) is 30.0. The van der Waals surface area contributed by atoms with Gasteiger partial charge in [-0.1, -0.05) is 127 Å². The lowest BCUT2D eigenvalue weighted by atomic mass is 9.98. The number of carbonyl (C=O) groups excluding carboxylic acids is 2. The van der Waals surface area contributed by atoms with E-state index in [2.05, 4.69) is 62.5 Å². The van der Waals surface area contributed by atoms with Gasteiger partial charge >= 0.3 is 11.9 Å². The van der Waals surface area contributed by atoms with Gasteiger partial charge in [-0.05, 0) is 51.4 Å². The molecule has 0 amide bonds. The zero-order valence-corrected chi connectivity index (χ0v) is 37.3. The van der Waals surface area contributed by atoms with Gasteiger partial charge < -0.3 is 64.2 Å². The Morgan fingerprint density at radius 3 is 1.60 bits per heavy atom. The highest BCUT2D eigenvalue weighted by Gasteiger charge is 2.47. The number of hydrogen-bond donors (Lipinski definition) is 7. The molecule has 2 saturated heterocycles. The Bertz CT molecular complexity index is 1270. The molecule has 7 N–H and O–H groups in total. The maximum absolute atomic E-state index is 12.9. The molecule has 0 aliphatic carbocycles. The zero-order valence-electron chi connectivity index (χ0n) is 37.3. The van der Waals surface area contributed by atoms with Crippen molar-refractivity contribution in [1.29, 1.82) is 0 Å². The van der Waals surface area contributed by atoms with E-state index in [-0.39, 0.29) is 19.4 Å². The molecule has 11 unspecified atom stereocenters. The normalized spacial score (nSPS) is 27.5. The van der Waals surface area contributed by atoms with E-state index in [1.807, 2.05) is 0 Å². The van der Waals surface area contributed by atoms with Crippen LogP contribution >= 0.6 is 0 Å². The van der Waals surface area contributed by atoms with Gasteiger partial charge in [0, 0.05) is 12.8 Å². The Labute approximate surface area is 369 Å². The second-order valence-electron chi connectivity index (χ2n) is 16.2. The summed E-state index contributed by atoms with van der Waals surface area (Å²) in [5, 5.41) is 71.8. The molecule has 11 atom stereocenters. The van der Waals surface area contributed by atoms with E-state index in [4.69, 9.17) is 28.4 Å². The van der Waals surface area contributed by atoms with Crippen LogP contribution in [0.5, 0.6) is 0 Å². The summed E-state index contributed by atoms with van der Waals surface area (Å²) in [6, 6.07) is 0. The first kappa shape index (κ1) is 55.6. The largest absolute Gasteiger partial charge is 0.462 e. The van der Waals surface area contributed by atoms with Gasteiger partial charge in [-0.25, -0.2) is 0 Å². The maximum Gasteiger partial charge on any atom is 0.306 e. The van der Waals surface area contributed by atoms with Crippen molar-refractivity contribution in [2.45, 2.75) is 210 Å². The molecular formula is C47H80O15. The second-order valence-corrected chi connectivity index (χ2v) is 16.2. The highest BCUT2D eigenvalue weighted by atomic mass is 16.7.